The Kier molecular flexibility index (Phi) is 2.77. The summed E-state index contributed by atoms with van der Waals surface area (Å²) in [5, 5.41) is 10.4. The van der Waals surface area contributed by atoms with Gasteiger partial charge in [-0.15, -0.1) is 0 Å². The lowest BCUT2D eigenvalue weighted by Crippen LogP contribution is -2.36. The Bertz CT molecular complexity index is 847. The number of aromatic nitrogens is 2. The lowest BCUT2D eigenvalue weighted by atomic mass is 9.92. The number of piperidine rings is 1. The number of aromatic amines is 1. The molecule has 3 heterocycles. The molecule has 5 nitrogen and oxygen atoms in total. The highest BCUT2D eigenvalue weighted by Crippen LogP contribution is 2.54. The molecular weight excluding hydrogens is 276 g/mol. The number of hydrogen-bond donors (Lipinski definition) is 1. The first-order valence-corrected chi connectivity index (χ1v) is 7.80. The van der Waals surface area contributed by atoms with Crippen LogP contribution in [0.5, 0.6) is 0 Å². The van der Waals surface area contributed by atoms with Crippen molar-refractivity contribution in [3.05, 3.63) is 33.9 Å². The number of rotatable bonds is 1. The van der Waals surface area contributed by atoms with Crippen LogP contribution >= 0.6 is 0 Å². The van der Waals surface area contributed by atoms with E-state index in [0.29, 0.717) is 10.9 Å². The molecule has 1 saturated carbocycles. The van der Waals surface area contributed by atoms with E-state index in [1.165, 1.54) is 12.8 Å². The Hall–Kier alpha value is -2.35. The molecule has 1 aliphatic carbocycles. The number of aryl methyl sites for hydroxylation is 1. The molecule has 1 saturated heterocycles. The monoisotopic (exact) mass is 294 g/mol. The maximum Gasteiger partial charge on any atom is 0.268 e. The van der Waals surface area contributed by atoms with Crippen molar-refractivity contribution in [3.8, 4) is 6.07 Å². The van der Waals surface area contributed by atoms with Crippen LogP contribution in [0.2, 0.25) is 0 Å². The number of fused-ring (bicyclic) bond motifs is 1. The van der Waals surface area contributed by atoms with E-state index >= 15 is 0 Å². The van der Waals surface area contributed by atoms with Gasteiger partial charge in [0, 0.05) is 24.2 Å². The SMILES string of the molecule is Cc1cc2c(N3CCC4(CC3)CC4)c(C#N)c(=O)[nH]c2cn1. The minimum absolute atomic E-state index is 0.227. The Morgan fingerprint density at radius 2 is 2.05 bits per heavy atom. The zero-order valence-electron chi connectivity index (χ0n) is 12.6. The van der Waals surface area contributed by atoms with Crippen LogP contribution in [0.15, 0.2) is 17.1 Å². The summed E-state index contributed by atoms with van der Waals surface area (Å²) in [7, 11) is 0. The van der Waals surface area contributed by atoms with Crippen molar-refractivity contribution in [3.63, 3.8) is 0 Å². The summed E-state index contributed by atoms with van der Waals surface area (Å²) in [6, 6.07) is 4.06. The molecule has 2 aromatic heterocycles. The molecule has 2 aromatic rings. The van der Waals surface area contributed by atoms with Gasteiger partial charge in [-0.3, -0.25) is 9.78 Å². The van der Waals surface area contributed by atoms with Gasteiger partial charge in [-0.2, -0.15) is 5.26 Å². The third-order valence-corrected chi connectivity index (χ3v) is 5.22. The molecule has 0 radical (unpaired) electrons. The minimum atomic E-state index is -0.317. The zero-order valence-corrected chi connectivity index (χ0v) is 12.6. The van der Waals surface area contributed by atoms with Gasteiger partial charge < -0.3 is 9.88 Å². The summed E-state index contributed by atoms with van der Waals surface area (Å²) < 4.78 is 0. The molecule has 0 aromatic carbocycles. The molecule has 5 heteroatoms. The minimum Gasteiger partial charge on any atom is -0.370 e. The molecule has 1 N–H and O–H groups in total. The molecular formula is C17H18N4O. The van der Waals surface area contributed by atoms with Gasteiger partial charge in [0.2, 0.25) is 0 Å². The second-order valence-corrected chi connectivity index (χ2v) is 6.65. The van der Waals surface area contributed by atoms with Gasteiger partial charge in [0.25, 0.3) is 5.56 Å². The maximum atomic E-state index is 12.2. The zero-order chi connectivity index (χ0) is 15.3. The fourth-order valence-corrected chi connectivity index (χ4v) is 3.60. The predicted octanol–water partition coefficient (Wildman–Crippen LogP) is 2.48. The maximum absolute atomic E-state index is 12.2. The predicted molar refractivity (Wildman–Crippen MR) is 84.9 cm³/mol. The quantitative estimate of drug-likeness (QED) is 0.877. The van der Waals surface area contributed by atoms with Gasteiger partial charge in [0.1, 0.15) is 11.6 Å². The number of H-pyrrole nitrogens is 1. The van der Waals surface area contributed by atoms with Crippen molar-refractivity contribution in [2.45, 2.75) is 32.6 Å². The molecule has 112 valence electrons. The van der Waals surface area contributed by atoms with Gasteiger partial charge in [-0.25, -0.2) is 0 Å². The number of nitrogens with one attached hydrogen (secondary N) is 1. The van der Waals surface area contributed by atoms with E-state index in [0.717, 1.165) is 42.7 Å². The smallest absolute Gasteiger partial charge is 0.268 e. The van der Waals surface area contributed by atoms with Crippen LogP contribution in [0.1, 0.15) is 36.9 Å². The largest absolute Gasteiger partial charge is 0.370 e. The van der Waals surface area contributed by atoms with Crippen LogP contribution < -0.4 is 10.5 Å². The van der Waals surface area contributed by atoms with Crippen molar-refractivity contribution in [1.29, 1.82) is 5.26 Å². The van der Waals surface area contributed by atoms with Crippen LogP contribution in [0, 0.1) is 23.7 Å². The van der Waals surface area contributed by atoms with Crippen molar-refractivity contribution >= 4 is 16.6 Å². The first kappa shape index (κ1) is 13.3. The summed E-state index contributed by atoms with van der Waals surface area (Å²) in [6.45, 7) is 3.78. The number of nitrogens with zero attached hydrogens (tertiary/aromatic N) is 3. The topological polar surface area (TPSA) is 72.8 Å². The lowest BCUT2D eigenvalue weighted by molar-refractivity contribution is 0.385. The Labute approximate surface area is 128 Å². The van der Waals surface area contributed by atoms with Gasteiger partial charge in [0.05, 0.1) is 17.4 Å². The van der Waals surface area contributed by atoms with E-state index in [4.69, 9.17) is 0 Å². The average Bonchev–Trinajstić information content (AvgIpc) is 3.27. The van der Waals surface area contributed by atoms with Gasteiger partial charge >= 0.3 is 0 Å². The van der Waals surface area contributed by atoms with Gasteiger partial charge in [-0.05, 0) is 44.1 Å². The molecule has 0 unspecified atom stereocenters. The fraction of sp³-hybridized carbons (Fsp3) is 0.471. The van der Waals surface area contributed by atoms with E-state index in [-0.39, 0.29) is 11.1 Å². The number of nitriles is 1. The average molecular weight is 294 g/mol. The van der Waals surface area contributed by atoms with E-state index in [1.54, 1.807) is 6.20 Å². The Morgan fingerprint density at radius 1 is 1.32 bits per heavy atom. The molecule has 22 heavy (non-hydrogen) atoms. The van der Waals surface area contributed by atoms with Crippen LogP contribution in [-0.2, 0) is 0 Å². The summed E-state index contributed by atoms with van der Waals surface area (Å²) >= 11 is 0. The van der Waals surface area contributed by atoms with Crippen LogP contribution in [0.3, 0.4) is 0 Å². The third-order valence-electron chi connectivity index (χ3n) is 5.22. The summed E-state index contributed by atoms with van der Waals surface area (Å²) in [5.41, 5.74) is 2.86. The van der Waals surface area contributed by atoms with E-state index < -0.39 is 0 Å². The van der Waals surface area contributed by atoms with E-state index in [9.17, 15) is 10.1 Å². The first-order chi connectivity index (χ1) is 10.6. The Balaban J connectivity index is 1.88. The van der Waals surface area contributed by atoms with Crippen LogP contribution in [0.4, 0.5) is 5.69 Å². The molecule has 2 aliphatic rings. The third kappa shape index (κ3) is 1.98. The molecule has 4 rings (SSSR count). The Morgan fingerprint density at radius 3 is 2.68 bits per heavy atom. The van der Waals surface area contributed by atoms with Gasteiger partial charge in [-0.1, -0.05) is 0 Å². The highest BCUT2D eigenvalue weighted by molar-refractivity contribution is 5.94. The molecule has 0 bridgehead atoms. The van der Waals surface area contributed by atoms with Crippen molar-refractivity contribution < 1.29 is 0 Å². The van der Waals surface area contributed by atoms with Gasteiger partial charge in [0.15, 0.2) is 0 Å². The molecule has 0 amide bonds. The fourth-order valence-electron chi connectivity index (χ4n) is 3.60. The molecule has 1 aliphatic heterocycles. The summed E-state index contributed by atoms with van der Waals surface area (Å²) in [5.74, 6) is 0. The second-order valence-electron chi connectivity index (χ2n) is 6.65. The number of anilines is 1. The number of pyridine rings is 2. The summed E-state index contributed by atoms with van der Waals surface area (Å²) in [6.07, 6.45) is 6.69. The summed E-state index contributed by atoms with van der Waals surface area (Å²) in [4.78, 5) is 21.5. The normalized spacial score (nSPS) is 19.4. The lowest BCUT2D eigenvalue weighted by Gasteiger charge is -2.34. The first-order valence-electron chi connectivity index (χ1n) is 7.80. The van der Waals surface area contributed by atoms with Crippen LogP contribution in [0.25, 0.3) is 10.9 Å². The highest BCUT2D eigenvalue weighted by Gasteiger charge is 2.44. The highest BCUT2D eigenvalue weighted by atomic mass is 16.1. The van der Waals surface area contributed by atoms with Crippen molar-refractivity contribution in [1.82, 2.24) is 9.97 Å². The van der Waals surface area contributed by atoms with Crippen molar-refractivity contribution in [2.24, 2.45) is 5.41 Å². The van der Waals surface area contributed by atoms with E-state index in [1.807, 2.05) is 13.0 Å². The number of hydrogen-bond acceptors (Lipinski definition) is 4. The molecule has 1 spiro atoms. The second kappa shape index (κ2) is 4.57. The molecule has 0 atom stereocenters. The molecule has 2 fully saturated rings. The standard InChI is InChI=1S/C17H18N4O/c1-11-8-12-14(10-19-11)20-16(22)13(9-18)15(12)21-6-4-17(2-3-17)5-7-21/h8,10H,2-7H2,1H3,(H,20,22). The van der Waals surface area contributed by atoms with Crippen LogP contribution in [-0.4, -0.2) is 23.1 Å². The van der Waals surface area contributed by atoms with E-state index in [2.05, 4.69) is 20.9 Å². The van der Waals surface area contributed by atoms with Crippen molar-refractivity contribution in [2.75, 3.05) is 18.0 Å².